The Morgan fingerprint density at radius 1 is 0.875 bits per heavy atom. The first-order chi connectivity index (χ1) is 19.4. The molecule has 1 fully saturated rings. The molecule has 40 heavy (non-hydrogen) atoms. The lowest BCUT2D eigenvalue weighted by Crippen LogP contribution is -2.68. The summed E-state index contributed by atoms with van der Waals surface area (Å²) in [5.74, 6) is 1.40. The van der Waals surface area contributed by atoms with Gasteiger partial charge in [0.05, 0.1) is 20.8 Å². The zero-order valence-electron chi connectivity index (χ0n) is 22.2. The number of quaternary nitrogens is 1. The normalized spacial score (nSPS) is 20.8. The van der Waals surface area contributed by atoms with Gasteiger partial charge in [-0.3, -0.25) is 14.3 Å². The van der Waals surface area contributed by atoms with Gasteiger partial charge in [0.1, 0.15) is 29.3 Å². The molecule has 0 amide bonds. The number of nitrogens with zero attached hydrogens (tertiary/aromatic N) is 1. The number of hydrogen-bond donors (Lipinski definition) is 3. The van der Waals surface area contributed by atoms with Crippen molar-refractivity contribution in [2.24, 2.45) is 0 Å². The molecule has 5 N–H and O–H groups in total. The third-order valence-corrected chi connectivity index (χ3v) is 7.26. The standard InChI is InChI=1S/C30H31N3O7/c1-37-22-12-8-20(9-13-22)30(19-6-4-3-5-7-19,21-10-14-23(38-2)15-11-21)39-18-24-27(35)26(31)28(40-24)33-17-16-25(34)32-29(33)36/h3-17,24,26-28,35H,18,31H2,1-2H3,(H,32,34,36)/p+1/t24-,26-,27-,28-/m1/s1. The number of aromatic nitrogens is 2. The minimum absolute atomic E-state index is 0.0330. The third-order valence-electron chi connectivity index (χ3n) is 7.26. The predicted octanol–water partition coefficient (Wildman–Crippen LogP) is 1.43. The number of aromatic amines is 1. The maximum absolute atomic E-state index is 12.4. The summed E-state index contributed by atoms with van der Waals surface area (Å²) in [7, 11) is 3.22. The Kier molecular flexibility index (Phi) is 7.85. The van der Waals surface area contributed by atoms with Crippen molar-refractivity contribution in [2.45, 2.75) is 30.1 Å². The SMILES string of the molecule is COc1ccc(C(OC[C@H]2O[C@@H](n3ccc(=O)[nH]c3=O)[C@H]([NH3+])[C@@H]2O)(c2ccccc2)c2ccc(OC)cc2)cc1. The zero-order valence-corrected chi connectivity index (χ0v) is 22.2. The summed E-state index contributed by atoms with van der Waals surface area (Å²) in [6.45, 7) is -0.0330. The van der Waals surface area contributed by atoms with E-state index < -0.39 is 41.3 Å². The number of ether oxygens (including phenoxy) is 4. The van der Waals surface area contributed by atoms with Crippen molar-refractivity contribution in [3.05, 3.63) is 129 Å². The molecule has 1 aliphatic heterocycles. The van der Waals surface area contributed by atoms with Gasteiger partial charge in [0.2, 0.25) is 0 Å². The molecular formula is C30H32N3O7+. The Labute approximate surface area is 230 Å². The molecule has 5 rings (SSSR count). The molecule has 208 valence electrons. The lowest BCUT2D eigenvalue weighted by molar-refractivity contribution is -0.447. The first-order valence-corrected chi connectivity index (χ1v) is 12.8. The number of methoxy groups -OCH3 is 2. The largest absolute Gasteiger partial charge is 0.497 e. The average molecular weight is 547 g/mol. The summed E-state index contributed by atoms with van der Waals surface area (Å²) in [6.07, 6.45) is -1.40. The van der Waals surface area contributed by atoms with Crippen LogP contribution < -0.4 is 26.5 Å². The van der Waals surface area contributed by atoms with E-state index in [2.05, 4.69) is 10.7 Å². The number of aliphatic hydroxyl groups excluding tert-OH is 1. The van der Waals surface area contributed by atoms with E-state index in [0.717, 1.165) is 16.7 Å². The van der Waals surface area contributed by atoms with Gasteiger partial charge in [-0.25, -0.2) is 4.79 Å². The maximum atomic E-state index is 12.4. The lowest BCUT2D eigenvalue weighted by Gasteiger charge is -2.37. The average Bonchev–Trinajstić information content (AvgIpc) is 3.27. The Hall–Kier alpha value is -4.22. The molecule has 0 spiro atoms. The van der Waals surface area contributed by atoms with E-state index in [-0.39, 0.29) is 6.61 Å². The number of rotatable bonds is 9. The minimum Gasteiger partial charge on any atom is -0.497 e. The van der Waals surface area contributed by atoms with Gasteiger partial charge in [-0.1, -0.05) is 54.6 Å². The number of nitrogens with one attached hydrogen (secondary N) is 1. The first kappa shape index (κ1) is 27.4. The van der Waals surface area contributed by atoms with Crippen LogP contribution in [0.1, 0.15) is 22.9 Å². The van der Waals surface area contributed by atoms with Crippen LogP contribution in [0.3, 0.4) is 0 Å². The Morgan fingerprint density at radius 2 is 1.43 bits per heavy atom. The molecule has 1 aliphatic rings. The van der Waals surface area contributed by atoms with Crippen LogP contribution >= 0.6 is 0 Å². The van der Waals surface area contributed by atoms with Crippen LogP contribution in [0.15, 0.2) is 101 Å². The highest BCUT2D eigenvalue weighted by Gasteiger charge is 2.48. The first-order valence-electron chi connectivity index (χ1n) is 12.8. The fourth-order valence-corrected chi connectivity index (χ4v) is 5.12. The molecule has 4 aromatic rings. The maximum Gasteiger partial charge on any atom is 0.330 e. The van der Waals surface area contributed by atoms with E-state index in [9.17, 15) is 14.7 Å². The molecule has 3 aromatic carbocycles. The Bertz CT molecular complexity index is 1490. The molecule has 4 atom stereocenters. The monoisotopic (exact) mass is 546 g/mol. The Morgan fingerprint density at radius 3 is 1.95 bits per heavy atom. The molecule has 10 nitrogen and oxygen atoms in total. The van der Waals surface area contributed by atoms with E-state index in [0.29, 0.717) is 11.5 Å². The van der Waals surface area contributed by atoms with Crippen molar-refractivity contribution in [1.82, 2.24) is 9.55 Å². The summed E-state index contributed by atoms with van der Waals surface area (Å²) in [5.41, 5.74) is 4.29. The van der Waals surface area contributed by atoms with E-state index in [1.165, 1.54) is 16.8 Å². The molecule has 10 heteroatoms. The van der Waals surface area contributed by atoms with Crippen molar-refractivity contribution in [2.75, 3.05) is 20.8 Å². The summed E-state index contributed by atoms with van der Waals surface area (Å²) in [5, 5.41) is 11.1. The van der Waals surface area contributed by atoms with Crippen molar-refractivity contribution in [3.8, 4) is 11.5 Å². The van der Waals surface area contributed by atoms with Gasteiger partial charge < -0.3 is 29.8 Å². The molecule has 0 unspecified atom stereocenters. The van der Waals surface area contributed by atoms with Crippen molar-refractivity contribution >= 4 is 0 Å². The lowest BCUT2D eigenvalue weighted by atomic mass is 9.80. The summed E-state index contributed by atoms with van der Waals surface area (Å²) < 4.78 is 25.0. The van der Waals surface area contributed by atoms with Gasteiger partial charge in [0, 0.05) is 12.3 Å². The van der Waals surface area contributed by atoms with Gasteiger partial charge >= 0.3 is 5.69 Å². The number of aliphatic hydroxyl groups is 1. The van der Waals surface area contributed by atoms with Crippen LogP contribution in [0.5, 0.6) is 11.5 Å². The highest BCUT2D eigenvalue weighted by molar-refractivity contribution is 5.49. The van der Waals surface area contributed by atoms with E-state index in [1.807, 2.05) is 78.9 Å². The number of hydrogen-bond acceptors (Lipinski definition) is 7. The van der Waals surface area contributed by atoms with Gasteiger partial charge in [0.25, 0.3) is 5.56 Å². The molecule has 0 aliphatic carbocycles. The molecule has 0 saturated carbocycles. The van der Waals surface area contributed by atoms with Gasteiger partial charge in [-0.2, -0.15) is 0 Å². The van der Waals surface area contributed by atoms with Crippen LogP contribution in [0.25, 0.3) is 0 Å². The summed E-state index contributed by atoms with van der Waals surface area (Å²) >= 11 is 0. The smallest absolute Gasteiger partial charge is 0.330 e. The fraction of sp³-hybridized carbons (Fsp3) is 0.267. The second-order valence-electron chi connectivity index (χ2n) is 9.55. The van der Waals surface area contributed by atoms with Crippen molar-refractivity contribution < 1.29 is 29.8 Å². The van der Waals surface area contributed by atoms with Gasteiger partial charge in [-0.05, 0) is 41.0 Å². The predicted molar refractivity (Wildman–Crippen MR) is 146 cm³/mol. The topological polar surface area (TPSA) is 140 Å². The molecular weight excluding hydrogens is 514 g/mol. The van der Waals surface area contributed by atoms with Crippen molar-refractivity contribution in [1.29, 1.82) is 0 Å². The van der Waals surface area contributed by atoms with Crippen LogP contribution in [-0.2, 0) is 15.1 Å². The molecule has 1 saturated heterocycles. The number of benzene rings is 3. The second-order valence-corrected chi connectivity index (χ2v) is 9.55. The van der Waals surface area contributed by atoms with Crippen LogP contribution in [0, 0.1) is 0 Å². The van der Waals surface area contributed by atoms with Crippen LogP contribution in [-0.4, -0.2) is 53.7 Å². The highest BCUT2D eigenvalue weighted by Crippen LogP contribution is 2.42. The molecule has 0 radical (unpaired) electrons. The molecule has 2 heterocycles. The van der Waals surface area contributed by atoms with Crippen LogP contribution in [0.2, 0.25) is 0 Å². The second kappa shape index (κ2) is 11.5. The number of H-pyrrole nitrogens is 1. The van der Waals surface area contributed by atoms with Crippen LogP contribution in [0.4, 0.5) is 0 Å². The van der Waals surface area contributed by atoms with Gasteiger partial charge in [0.15, 0.2) is 12.3 Å². The molecule has 1 aromatic heterocycles. The minimum atomic E-state index is -1.10. The summed E-state index contributed by atoms with van der Waals surface area (Å²) in [6, 6.07) is 25.5. The zero-order chi connectivity index (χ0) is 28.3. The van der Waals surface area contributed by atoms with Crippen molar-refractivity contribution in [3.63, 3.8) is 0 Å². The fourth-order valence-electron chi connectivity index (χ4n) is 5.12. The summed E-state index contributed by atoms with van der Waals surface area (Å²) in [4.78, 5) is 26.2. The quantitative estimate of drug-likeness (QED) is 0.270. The molecule has 0 bridgehead atoms. The van der Waals surface area contributed by atoms with Gasteiger partial charge in [-0.15, -0.1) is 0 Å². The Balaban J connectivity index is 1.56. The highest BCUT2D eigenvalue weighted by atomic mass is 16.6. The third kappa shape index (κ3) is 5.05. The van der Waals surface area contributed by atoms with E-state index in [4.69, 9.17) is 18.9 Å². The van der Waals surface area contributed by atoms with E-state index >= 15 is 0 Å². The van der Waals surface area contributed by atoms with E-state index in [1.54, 1.807) is 14.2 Å².